The molecule has 0 aliphatic heterocycles. The molecule has 0 fully saturated rings. The van der Waals surface area contributed by atoms with Crippen molar-refractivity contribution in [2.24, 2.45) is 16.7 Å². The first-order chi connectivity index (χ1) is 5.60. The molecule has 0 rings (SSSR count). The Labute approximate surface area is 83.9 Å². The van der Waals surface area contributed by atoms with E-state index in [0.717, 1.165) is 0 Å². The van der Waals surface area contributed by atoms with Gasteiger partial charge in [-0.05, 0) is 16.7 Å². The molecule has 1 nitrogen and oxygen atoms in total. The van der Waals surface area contributed by atoms with Gasteiger partial charge in [0.15, 0.2) is 0 Å². The van der Waals surface area contributed by atoms with Crippen molar-refractivity contribution in [1.82, 2.24) is 0 Å². The second kappa shape index (κ2) is 4.00. The fraction of sp³-hybridized carbons (Fsp3) is 1.00. The van der Waals surface area contributed by atoms with Gasteiger partial charge in [0.1, 0.15) is 0 Å². The van der Waals surface area contributed by atoms with Gasteiger partial charge in [-0.2, -0.15) is 0 Å². The first kappa shape index (κ1) is 13.0. The maximum atomic E-state index is 5.60. The zero-order valence-corrected chi connectivity index (χ0v) is 10.6. The Kier molecular flexibility index (Phi) is 3.98. The van der Waals surface area contributed by atoms with Crippen LogP contribution in [0.2, 0.25) is 0 Å². The van der Waals surface area contributed by atoms with Crippen molar-refractivity contribution in [3.63, 3.8) is 0 Å². The minimum absolute atomic E-state index is 0.224. The van der Waals surface area contributed by atoms with Gasteiger partial charge in [0.2, 0.25) is 0 Å². The summed E-state index contributed by atoms with van der Waals surface area (Å²) in [6.45, 7) is 15.8. The van der Waals surface area contributed by atoms with Crippen LogP contribution in [-0.4, -0.2) is 13.2 Å². The molecule has 80 valence electrons. The molecule has 0 bridgehead atoms. The topological polar surface area (TPSA) is 9.23 Å². The van der Waals surface area contributed by atoms with Crippen molar-refractivity contribution in [1.29, 1.82) is 0 Å². The average Bonchev–Trinajstić information content (AvgIpc) is 1.83. The van der Waals surface area contributed by atoms with Crippen LogP contribution in [0.4, 0.5) is 0 Å². The summed E-state index contributed by atoms with van der Waals surface area (Å²) in [5.74, 6) is 0.567. The van der Waals surface area contributed by atoms with Crippen LogP contribution >= 0.6 is 0 Å². The van der Waals surface area contributed by atoms with Crippen LogP contribution in [-0.2, 0) is 4.74 Å². The van der Waals surface area contributed by atoms with Crippen molar-refractivity contribution in [2.75, 3.05) is 7.11 Å². The maximum absolute atomic E-state index is 5.60. The third-order valence-corrected chi connectivity index (χ3v) is 2.93. The lowest BCUT2D eigenvalue weighted by Crippen LogP contribution is -2.40. The Bertz CT molecular complexity index is 147. The smallest absolute Gasteiger partial charge is 0.0650 e. The van der Waals surface area contributed by atoms with Gasteiger partial charge in [-0.15, -0.1) is 0 Å². The number of methoxy groups -OCH3 is 1. The first-order valence-corrected chi connectivity index (χ1v) is 5.13. The summed E-state index contributed by atoms with van der Waals surface area (Å²) >= 11 is 0. The lowest BCUT2D eigenvalue weighted by atomic mass is 9.71. The van der Waals surface area contributed by atoms with Crippen molar-refractivity contribution in [3.05, 3.63) is 0 Å². The van der Waals surface area contributed by atoms with Crippen molar-refractivity contribution < 1.29 is 4.74 Å². The van der Waals surface area contributed by atoms with Gasteiger partial charge >= 0.3 is 0 Å². The van der Waals surface area contributed by atoms with E-state index in [4.69, 9.17) is 4.74 Å². The molecule has 2 unspecified atom stereocenters. The number of hydrogen-bond donors (Lipinski definition) is 0. The summed E-state index contributed by atoms with van der Waals surface area (Å²) in [5.41, 5.74) is 0.537. The van der Waals surface area contributed by atoms with E-state index in [-0.39, 0.29) is 5.41 Å². The Balaban J connectivity index is 4.61. The van der Waals surface area contributed by atoms with Crippen LogP contribution < -0.4 is 0 Å². The zero-order chi connectivity index (χ0) is 10.9. The van der Waals surface area contributed by atoms with Crippen LogP contribution in [0.25, 0.3) is 0 Å². The summed E-state index contributed by atoms with van der Waals surface area (Å²) in [7, 11) is 1.82. The molecule has 0 aromatic rings. The lowest BCUT2D eigenvalue weighted by molar-refractivity contribution is -0.0535. The summed E-state index contributed by atoms with van der Waals surface area (Å²) in [6.07, 6.45) is 0.326. The molecule has 0 aromatic carbocycles. The predicted octanol–water partition coefficient (Wildman–Crippen LogP) is 3.73. The molecule has 0 aliphatic carbocycles. The lowest BCUT2D eigenvalue weighted by Gasteiger charge is -2.40. The van der Waals surface area contributed by atoms with E-state index >= 15 is 0 Å². The standard InChI is InChI=1S/C12H26O/c1-9(11(2,3)4)10(13-8)12(5,6)7/h9-10H,1-8H3. The summed E-state index contributed by atoms with van der Waals surface area (Å²) in [4.78, 5) is 0. The summed E-state index contributed by atoms with van der Waals surface area (Å²) < 4.78 is 5.60. The van der Waals surface area contributed by atoms with E-state index in [9.17, 15) is 0 Å². The number of ether oxygens (including phenoxy) is 1. The van der Waals surface area contributed by atoms with E-state index in [1.165, 1.54) is 0 Å². The van der Waals surface area contributed by atoms with E-state index in [2.05, 4.69) is 48.5 Å². The molecule has 0 spiro atoms. The molecule has 0 aliphatic rings. The van der Waals surface area contributed by atoms with Gasteiger partial charge in [-0.1, -0.05) is 48.5 Å². The van der Waals surface area contributed by atoms with Crippen LogP contribution in [0, 0.1) is 16.7 Å². The molecule has 0 aromatic heterocycles. The molecule has 0 heterocycles. The summed E-state index contributed by atoms with van der Waals surface area (Å²) in [6, 6.07) is 0. The predicted molar refractivity (Wildman–Crippen MR) is 58.9 cm³/mol. The van der Waals surface area contributed by atoms with Crippen LogP contribution in [0.5, 0.6) is 0 Å². The minimum atomic E-state index is 0.224. The van der Waals surface area contributed by atoms with Crippen LogP contribution in [0.1, 0.15) is 48.5 Å². The molecule has 2 atom stereocenters. The highest BCUT2D eigenvalue weighted by atomic mass is 16.5. The second-order valence-electron chi connectivity index (χ2n) is 6.18. The third kappa shape index (κ3) is 3.68. The number of hydrogen-bond acceptors (Lipinski definition) is 1. The van der Waals surface area contributed by atoms with Gasteiger partial charge in [-0.25, -0.2) is 0 Å². The average molecular weight is 186 g/mol. The molecular weight excluding hydrogens is 160 g/mol. The summed E-state index contributed by atoms with van der Waals surface area (Å²) in [5, 5.41) is 0. The molecular formula is C12H26O. The highest BCUT2D eigenvalue weighted by molar-refractivity contribution is 4.85. The van der Waals surface area contributed by atoms with Crippen molar-refractivity contribution in [3.8, 4) is 0 Å². The number of rotatable bonds is 2. The molecule has 0 radical (unpaired) electrons. The zero-order valence-electron chi connectivity index (χ0n) is 10.6. The van der Waals surface area contributed by atoms with Crippen LogP contribution in [0.3, 0.4) is 0 Å². The second-order valence-corrected chi connectivity index (χ2v) is 6.18. The van der Waals surface area contributed by atoms with Gasteiger partial charge in [0, 0.05) is 7.11 Å². The quantitative estimate of drug-likeness (QED) is 0.638. The van der Waals surface area contributed by atoms with Gasteiger partial charge in [0.25, 0.3) is 0 Å². The molecule has 1 heteroatoms. The fourth-order valence-corrected chi connectivity index (χ4v) is 1.76. The van der Waals surface area contributed by atoms with Gasteiger partial charge in [-0.3, -0.25) is 0 Å². The Hall–Kier alpha value is -0.0400. The first-order valence-electron chi connectivity index (χ1n) is 5.13. The normalized spacial score (nSPS) is 18.5. The molecule has 0 amide bonds. The highest BCUT2D eigenvalue weighted by Crippen LogP contribution is 2.37. The van der Waals surface area contributed by atoms with E-state index in [1.807, 2.05) is 7.11 Å². The van der Waals surface area contributed by atoms with Crippen molar-refractivity contribution >= 4 is 0 Å². The third-order valence-electron chi connectivity index (χ3n) is 2.93. The molecule has 0 N–H and O–H groups in total. The minimum Gasteiger partial charge on any atom is -0.381 e. The molecule has 0 saturated carbocycles. The van der Waals surface area contributed by atoms with E-state index < -0.39 is 0 Å². The highest BCUT2D eigenvalue weighted by Gasteiger charge is 2.35. The monoisotopic (exact) mass is 186 g/mol. The van der Waals surface area contributed by atoms with Gasteiger partial charge in [0.05, 0.1) is 6.10 Å². The Morgan fingerprint density at radius 1 is 0.846 bits per heavy atom. The fourth-order valence-electron chi connectivity index (χ4n) is 1.76. The maximum Gasteiger partial charge on any atom is 0.0650 e. The molecule has 0 saturated heterocycles. The van der Waals surface area contributed by atoms with Gasteiger partial charge < -0.3 is 4.74 Å². The largest absolute Gasteiger partial charge is 0.381 e. The van der Waals surface area contributed by atoms with E-state index in [1.54, 1.807) is 0 Å². The van der Waals surface area contributed by atoms with Crippen molar-refractivity contribution in [2.45, 2.75) is 54.6 Å². The van der Waals surface area contributed by atoms with Crippen LogP contribution in [0.15, 0.2) is 0 Å². The SMILES string of the molecule is COC(C(C)C(C)(C)C)C(C)(C)C. The Morgan fingerprint density at radius 3 is 1.31 bits per heavy atom. The van der Waals surface area contributed by atoms with E-state index in [0.29, 0.717) is 17.4 Å². The molecule has 13 heavy (non-hydrogen) atoms. The Morgan fingerprint density at radius 2 is 1.23 bits per heavy atom.